The Kier molecular flexibility index (Phi) is 6.04. The van der Waals surface area contributed by atoms with Gasteiger partial charge in [-0.15, -0.1) is 0 Å². The van der Waals surface area contributed by atoms with E-state index in [0.717, 1.165) is 25.7 Å². The second kappa shape index (κ2) is 7.66. The van der Waals surface area contributed by atoms with E-state index in [-0.39, 0.29) is 22.9 Å². The number of piperidine rings is 1. The normalized spacial score (nSPS) is 20.6. The van der Waals surface area contributed by atoms with Gasteiger partial charge in [-0.2, -0.15) is 4.31 Å². The van der Waals surface area contributed by atoms with Crippen LogP contribution in [0.1, 0.15) is 56.8 Å². The zero-order valence-corrected chi connectivity index (χ0v) is 15.8. The fourth-order valence-corrected chi connectivity index (χ4v) is 4.71. The van der Waals surface area contributed by atoms with Gasteiger partial charge in [0.15, 0.2) is 0 Å². The van der Waals surface area contributed by atoms with Gasteiger partial charge in [-0.1, -0.05) is 13.3 Å². The first-order chi connectivity index (χ1) is 11.3. The van der Waals surface area contributed by atoms with E-state index in [1.165, 1.54) is 0 Å². The minimum Gasteiger partial charge on any atom is -0.339 e. The highest BCUT2D eigenvalue weighted by molar-refractivity contribution is 7.89. The van der Waals surface area contributed by atoms with E-state index >= 15 is 0 Å². The van der Waals surface area contributed by atoms with Crippen molar-refractivity contribution in [3.8, 4) is 0 Å². The molecular formula is C18H28N2O3S. The lowest BCUT2D eigenvalue weighted by molar-refractivity contribution is 0.0740. The number of benzene rings is 1. The third-order valence-corrected chi connectivity index (χ3v) is 7.05. The van der Waals surface area contributed by atoms with Gasteiger partial charge in [-0.05, 0) is 57.4 Å². The Balaban J connectivity index is 2.21. The monoisotopic (exact) mass is 352 g/mol. The molecule has 1 aliphatic rings. The first kappa shape index (κ1) is 18.9. The molecule has 2 atom stereocenters. The van der Waals surface area contributed by atoms with Crippen LogP contribution in [0.3, 0.4) is 0 Å². The fraction of sp³-hybridized carbons (Fsp3) is 0.611. The van der Waals surface area contributed by atoms with Crippen molar-refractivity contribution in [1.29, 1.82) is 0 Å². The van der Waals surface area contributed by atoms with E-state index in [1.807, 2.05) is 20.8 Å². The molecule has 0 bridgehead atoms. The molecule has 1 aromatic rings. The van der Waals surface area contributed by atoms with Crippen LogP contribution in [-0.4, -0.2) is 49.2 Å². The highest BCUT2D eigenvalue weighted by Gasteiger charge is 2.31. The minimum atomic E-state index is -3.49. The van der Waals surface area contributed by atoms with Crippen LogP contribution in [0.25, 0.3) is 0 Å². The van der Waals surface area contributed by atoms with E-state index in [0.29, 0.717) is 12.1 Å². The van der Waals surface area contributed by atoms with E-state index in [9.17, 15) is 13.2 Å². The highest BCUT2D eigenvalue weighted by atomic mass is 32.2. The average molecular weight is 353 g/mol. The van der Waals surface area contributed by atoms with Crippen molar-refractivity contribution in [2.75, 3.05) is 13.6 Å². The Morgan fingerprint density at radius 3 is 2.46 bits per heavy atom. The number of nitrogens with zero attached hydrogens (tertiary/aromatic N) is 2. The third-order valence-electron chi connectivity index (χ3n) is 5.02. The quantitative estimate of drug-likeness (QED) is 0.818. The Hall–Kier alpha value is -1.40. The minimum absolute atomic E-state index is 0.0293. The molecule has 2 unspecified atom stereocenters. The topological polar surface area (TPSA) is 57.7 Å². The molecule has 5 nitrogen and oxygen atoms in total. The molecule has 0 spiro atoms. The summed E-state index contributed by atoms with van der Waals surface area (Å²) in [4.78, 5) is 14.4. The molecule has 1 fully saturated rings. The zero-order chi connectivity index (χ0) is 17.9. The lowest BCUT2D eigenvalue weighted by Gasteiger charge is -2.32. The van der Waals surface area contributed by atoms with Crippen molar-refractivity contribution >= 4 is 15.9 Å². The van der Waals surface area contributed by atoms with Gasteiger partial charge >= 0.3 is 0 Å². The van der Waals surface area contributed by atoms with Crippen molar-refractivity contribution in [3.63, 3.8) is 0 Å². The predicted molar refractivity (Wildman–Crippen MR) is 95.5 cm³/mol. The van der Waals surface area contributed by atoms with E-state index in [4.69, 9.17) is 0 Å². The van der Waals surface area contributed by atoms with Gasteiger partial charge in [0, 0.05) is 31.2 Å². The Morgan fingerprint density at radius 1 is 1.29 bits per heavy atom. The summed E-state index contributed by atoms with van der Waals surface area (Å²) in [6.07, 6.45) is 3.75. The molecule has 1 saturated heterocycles. The first-order valence-corrected chi connectivity index (χ1v) is 10.1. The van der Waals surface area contributed by atoms with Crippen molar-refractivity contribution in [1.82, 2.24) is 9.21 Å². The second-order valence-electron chi connectivity index (χ2n) is 6.66. The smallest absolute Gasteiger partial charge is 0.253 e. The summed E-state index contributed by atoms with van der Waals surface area (Å²) >= 11 is 0. The summed E-state index contributed by atoms with van der Waals surface area (Å²) in [7, 11) is -1.71. The number of sulfonamides is 1. The molecule has 0 radical (unpaired) electrons. The van der Waals surface area contributed by atoms with E-state index in [1.54, 1.807) is 40.5 Å². The maximum Gasteiger partial charge on any atom is 0.253 e. The van der Waals surface area contributed by atoms with Crippen LogP contribution in [0.15, 0.2) is 29.2 Å². The molecule has 1 heterocycles. The fourth-order valence-electron chi connectivity index (χ4n) is 3.01. The van der Waals surface area contributed by atoms with Crippen molar-refractivity contribution in [3.05, 3.63) is 29.8 Å². The third kappa shape index (κ3) is 3.81. The van der Waals surface area contributed by atoms with Crippen molar-refractivity contribution in [2.45, 2.75) is 63.4 Å². The molecule has 2 rings (SSSR count). The molecule has 1 aromatic carbocycles. The molecular weight excluding hydrogens is 324 g/mol. The summed E-state index contributed by atoms with van der Waals surface area (Å²) in [6, 6.07) is 6.50. The molecule has 0 aliphatic carbocycles. The van der Waals surface area contributed by atoms with Gasteiger partial charge in [0.05, 0.1) is 4.90 Å². The van der Waals surface area contributed by atoms with Gasteiger partial charge < -0.3 is 4.90 Å². The lowest BCUT2D eigenvalue weighted by atomic mass is 10.1. The predicted octanol–water partition coefficient (Wildman–Crippen LogP) is 3.12. The van der Waals surface area contributed by atoms with Gasteiger partial charge in [0.25, 0.3) is 5.91 Å². The van der Waals surface area contributed by atoms with Crippen molar-refractivity contribution in [2.24, 2.45) is 0 Å². The summed E-state index contributed by atoms with van der Waals surface area (Å²) < 4.78 is 27.2. The first-order valence-electron chi connectivity index (χ1n) is 8.68. The van der Waals surface area contributed by atoms with Gasteiger partial charge in [0.2, 0.25) is 10.0 Å². The van der Waals surface area contributed by atoms with Crippen LogP contribution in [0.4, 0.5) is 0 Å². The second-order valence-corrected chi connectivity index (χ2v) is 8.55. The average Bonchev–Trinajstić information content (AvgIpc) is 2.60. The van der Waals surface area contributed by atoms with Crippen molar-refractivity contribution < 1.29 is 13.2 Å². The van der Waals surface area contributed by atoms with Gasteiger partial charge in [0.1, 0.15) is 0 Å². The Morgan fingerprint density at radius 2 is 1.92 bits per heavy atom. The Labute approximate surface area is 145 Å². The largest absolute Gasteiger partial charge is 0.339 e. The SMILES string of the molecule is CCC(C)N(C)C(=O)c1ccc(S(=O)(=O)N2CCCCC2C)cc1. The standard InChI is InChI=1S/C18H28N2O3S/c1-5-14(2)19(4)18(21)16-9-11-17(12-10-16)24(22,23)20-13-7-6-8-15(20)3/h9-12,14-15H,5-8,13H2,1-4H3. The van der Waals surface area contributed by atoms with Gasteiger partial charge in [-0.25, -0.2) is 8.42 Å². The summed E-state index contributed by atoms with van der Waals surface area (Å²) in [5.74, 6) is -0.0837. The van der Waals surface area contributed by atoms with Crippen LogP contribution >= 0.6 is 0 Å². The van der Waals surface area contributed by atoms with E-state index in [2.05, 4.69) is 0 Å². The molecule has 134 valence electrons. The number of carbonyl (C=O) groups is 1. The highest BCUT2D eigenvalue weighted by Crippen LogP contribution is 2.25. The van der Waals surface area contributed by atoms with Crippen LogP contribution in [0, 0.1) is 0 Å². The van der Waals surface area contributed by atoms with Gasteiger partial charge in [-0.3, -0.25) is 4.79 Å². The molecule has 0 N–H and O–H groups in total. The maximum atomic E-state index is 12.8. The number of carbonyl (C=O) groups excluding carboxylic acids is 1. The number of amides is 1. The molecule has 0 saturated carbocycles. The molecule has 24 heavy (non-hydrogen) atoms. The summed E-state index contributed by atoms with van der Waals surface area (Å²) in [5, 5.41) is 0. The molecule has 1 aliphatic heterocycles. The lowest BCUT2D eigenvalue weighted by Crippen LogP contribution is -2.41. The molecule has 6 heteroatoms. The van der Waals surface area contributed by atoms with Crippen LogP contribution in [0.5, 0.6) is 0 Å². The molecule has 1 amide bonds. The summed E-state index contributed by atoms with van der Waals surface area (Å²) in [5.41, 5.74) is 0.517. The maximum absolute atomic E-state index is 12.8. The molecule has 0 aromatic heterocycles. The van der Waals surface area contributed by atoms with E-state index < -0.39 is 10.0 Å². The number of rotatable bonds is 5. The van der Waals surface area contributed by atoms with Crippen LogP contribution in [-0.2, 0) is 10.0 Å². The number of hydrogen-bond donors (Lipinski definition) is 0. The van der Waals surface area contributed by atoms with Crippen LogP contribution in [0.2, 0.25) is 0 Å². The summed E-state index contributed by atoms with van der Waals surface area (Å²) in [6.45, 7) is 6.55. The van der Waals surface area contributed by atoms with Crippen LogP contribution < -0.4 is 0 Å². The number of hydrogen-bond acceptors (Lipinski definition) is 3. The zero-order valence-electron chi connectivity index (χ0n) is 15.0. The Bertz CT molecular complexity index is 670.